The van der Waals surface area contributed by atoms with Crippen molar-refractivity contribution >= 4 is 9.84 Å². The van der Waals surface area contributed by atoms with Crippen LogP contribution >= 0.6 is 0 Å². The van der Waals surface area contributed by atoms with Crippen LogP contribution < -0.4 is 5.32 Å². The lowest BCUT2D eigenvalue weighted by Gasteiger charge is -2.04. The lowest BCUT2D eigenvalue weighted by Crippen LogP contribution is -2.21. The smallest absolute Gasteiger partial charge is 0.208 e. The average Bonchev–Trinajstić information content (AvgIpc) is 2.84. The fourth-order valence-corrected chi connectivity index (χ4v) is 2.36. The number of rotatable bonds is 5. The van der Waals surface area contributed by atoms with Gasteiger partial charge in [-0.25, -0.2) is 13.4 Å². The summed E-state index contributed by atoms with van der Waals surface area (Å²) in [6.45, 7) is 4.63. The number of aromatic nitrogens is 1. The highest BCUT2D eigenvalue weighted by Gasteiger charge is 2.11. The quantitative estimate of drug-likeness (QED) is 0.915. The van der Waals surface area contributed by atoms with Crippen molar-refractivity contribution < 1.29 is 12.8 Å². The first kappa shape index (κ1) is 14.7. The third kappa shape index (κ3) is 3.68. The number of oxazole rings is 1. The first-order valence-corrected chi connectivity index (χ1v) is 8.24. The van der Waals surface area contributed by atoms with Crippen LogP contribution in [0.4, 0.5) is 0 Å². The molecule has 108 valence electrons. The van der Waals surface area contributed by atoms with Crippen LogP contribution in [-0.4, -0.2) is 25.7 Å². The molecule has 6 heteroatoms. The maximum atomic E-state index is 11.5. The van der Waals surface area contributed by atoms with Gasteiger partial charge in [-0.05, 0) is 12.1 Å². The van der Waals surface area contributed by atoms with Crippen molar-refractivity contribution in [3.63, 3.8) is 0 Å². The molecule has 2 aromatic rings. The van der Waals surface area contributed by atoms with E-state index in [2.05, 4.69) is 10.3 Å². The zero-order valence-electron chi connectivity index (χ0n) is 11.8. The Bertz CT molecular complexity index is 690. The molecule has 0 radical (unpaired) electrons. The van der Waals surface area contributed by atoms with Crippen molar-refractivity contribution in [2.75, 3.05) is 6.26 Å². The van der Waals surface area contributed by atoms with E-state index in [1.165, 1.54) is 6.26 Å². The molecule has 20 heavy (non-hydrogen) atoms. The van der Waals surface area contributed by atoms with E-state index in [4.69, 9.17) is 4.42 Å². The summed E-state index contributed by atoms with van der Waals surface area (Å²) >= 11 is 0. The van der Waals surface area contributed by atoms with Crippen molar-refractivity contribution in [1.29, 1.82) is 0 Å². The third-order valence-electron chi connectivity index (χ3n) is 2.76. The third-order valence-corrected chi connectivity index (χ3v) is 3.87. The van der Waals surface area contributed by atoms with E-state index < -0.39 is 9.84 Å². The van der Waals surface area contributed by atoms with Gasteiger partial charge in [0.15, 0.2) is 15.6 Å². The van der Waals surface area contributed by atoms with Crippen molar-refractivity contribution in [3.8, 4) is 11.3 Å². The molecule has 0 fully saturated rings. The molecule has 0 saturated heterocycles. The fourth-order valence-electron chi connectivity index (χ4n) is 1.70. The minimum Gasteiger partial charge on any atom is -0.439 e. The van der Waals surface area contributed by atoms with Gasteiger partial charge in [0, 0.05) is 17.9 Å². The largest absolute Gasteiger partial charge is 0.439 e. The normalized spacial score (nSPS) is 12.0. The Balaban J connectivity index is 2.24. The first-order chi connectivity index (χ1) is 9.36. The second-order valence-corrected chi connectivity index (χ2v) is 6.97. The highest BCUT2D eigenvalue weighted by atomic mass is 32.2. The number of nitrogens with one attached hydrogen (secondary N) is 1. The molecule has 0 saturated carbocycles. The van der Waals surface area contributed by atoms with Gasteiger partial charge in [0.1, 0.15) is 0 Å². The molecule has 1 N–H and O–H groups in total. The van der Waals surface area contributed by atoms with Crippen LogP contribution in [0.2, 0.25) is 0 Å². The molecule has 1 aromatic carbocycles. The van der Waals surface area contributed by atoms with Gasteiger partial charge >= 0.3 is 0 Å². The van der Waals surface area contributed by atoms with Gasteiger partial charge in [0.2, 0.25) is 5.89 Å². The van der Waals surface area contributed by atoms with Crippen LogP contribution in [0.3, 0.4) is 0 Å². The van der Waals surface area contributed by atoms with Crippen LogP contribution in [0.1, 0.15) is 19.7 Å². The lowest BCUT2D eigenvalue weighted by molar-refractivity contribution is 0.459. The van der Waals surface area contributed by atoms with E-state index >= 15 is 0 Å². The molecule has 0 unspecified atom stereocenters. The first-order valence-electron chi connectivity index (χ1n) is 6.35. The minimum absolute atomic E-state index is 0.272. The standard InChI is InChI=1S/C14H18N2O3S/c1-10(2)15-9-14-16-8-13(19-14)11-5-4-6-12(7-11)20(3,17)18/h4-8,10,15H,9H2,1-3H3. The lowest BCUT2D eigenvalue weighted by atomic mass is 10.2. The molecule has 0 bridgehead atoms. The van der Waals surface area contributed by atoms with Gasteiger partial charge in [-0.1, -0.05) is 26.0 Å². The van der Waals surface area contributed by atoms with E-state index in [-0.39, 0.29) is 4.90 Å². The molecule has 1 heterocycles. The van der Waals surface area contributed by atoms with Gasteiger partial charge in [-0.15, -0.1) is 0 Å². The summed E-state index contributed by atoms with van der Waals surface area (Å²) in [6, 6.07) is 7.00. The summed E-state index contributed by atoms with van der Waals surface area (Å²) in [7, 11) is -3.22. The predicted molar refractivity (Wildman–Crippen MR) is 77.0 cm³/mol. The van der Waals surface area contributed by atoms with E-state index in [1.807, 2.05) is 13.8 Å². The topological polar surface area (TPSA) is 72.2 Å². The molecule has 2 rings (SSSR count). The van der Waals surface area contributed by atoms with E-state index in [9.17, 15) is 8.42 Å². The SMILES string of the molecule is CC(C)NCc1ncc(-c2cccc(S(C)(=O)=O)c2)o1. The maximum Gasteiger partial charge on any atom is 0.208 e. The summed E-state index contributed by atoms with van der Waals surface area (Å²) in [4.78, 5) is 4.45. The van der Waals surface area contributed by atoms with E-state index in [0.717, 1.165) is 0 Å². The highest BCUT2D eigenvalue weighted by molar-refractivity contribution is 7.90. The van der Waals surface area contributed by atoms with Crippen molar-refractivity contribution in [2.24, 2.45) is 0 Å². The Kier molecular flexibility index (Phi) is 4.25. The molecule has 0 atom stereocenters. The van der Waals surface area contributed by atoms with Gasteiger partial charge in [-0.2, -0.15) is 0 Å². The van der Waals surface area contributed by atoms with Gasteiger partial charge in [-0.3, -0.25) is 0 Å². The zero-order valence-corrected chi connectivity index (χ0v) is 12.6. The summed E-state index contributed by atoms with van der Waals surface area (Å²) in [5, 5.41) is 3.21. The molecule has 0 aliphatic rings. The maximum absolute atomic E-state index is 11.5. The second kappa shape index (κ2) is 5.76. The summed E-state index contributed by atoms with van der Waals surface area (Å²) < 4.78 is 28.7. The molecule has 0 amide bonds. The second-order valence-electron chi connectivity index (χ2n) is 4.95. The Labute approximate surface area is 119 Å². The number of benzene rings is 1. The van der Waals surface area contributed by atoms with Crippen molar-refractivity contribution in [3.05, 3.63) is 36.4 Å². The van der Waals surface area contributed by atoms with Crippen LogP contribution in [-0.2, 0) is 16.4 Å². The van der Waals surface area contributed by atoms with Crippen LogP contribution in [0.25, 0.3) is 11.3 Å². The fraction of sp³-hybridized carbons (Fsp3) is 0.357. The Morgan fingerprint density at radius 1 is 1.35 bits per heavy atom. The van der Waals surface area contributed by atoms with Gasteiger partial charge < -0.3 is 9.73 Å². The van der Waals surface area contributed by atoms with Gasteiger partial charge in [0.05, 0.1) is 17.6 Å². The molecule has 0 aliphatic carbocycles. The van der Waals surface area contributed by atoms with E-state index in [0.29, 0.717) is 29.8 Å². The molecule has 5 nitrogen and oxygen atoms in total. The predicted octanol–water partition coefficient (Wildman–Crippen LogP) is 2.24. The monoisotopic (exact) mass is 294 g/mol. The Morgan fingerprint density at radius 3 is 2.75 bits per heavy atom. The highest BCUT2D eigenvalue weighted by Crippen LogP contribution is 2.23. The molecule has 1 aromatic heterocycles. The Hall–Kier alpha value is -1.66. The zero-order chi connectivity index (χ0) is 14.8. The number of hydrogen-bond acceptors (Lipinski definition) is 5. The minimum atomic E-state index is -3.22. The number of hydrogen-bond donors (Lipinski definition) is 1. The average molecular weight is 294 g/mol. The Morgan fingerprint density at radius 2 is 2.10 bits per heavy atom. The van der Waals surface area contributed by atoms with Crippen LogP contribution in [0, 0.1) is 0 Å². The van der Waals surface area contributed by atoms with Crippen molar-refractivity contribution in [1.82, 2.24) is 10.3 Å². The van der Waals surface area contributed by atoms with Crippen LogP contribution in [0.15, 0.2) is 39.8 Å². The summed E-state index contributed by atoms with van der Waals surface area (Å²) in [5.74, 6) is 1.15. The molecular weight excluding hydrogens is 276 g/mol. The van der Waals surface area contributed by atoms with Crippen LogP contribution in [0.5, 0.6) is 0 Å². The van der Waals surface area contributed by atoms with Crippen molar-refractivity contribution in [2.45, 2.75) is 31.3 Å². The molecule has 0 spiro atoms. The summed E-state index contributed by atoms with van der Waals surface area (Å²) in [6.07, 6.45) is 2.79. The molecule has 0 aliphatic heterocycles. The summed E-state index contributed by atoms with van der Waals surface area (Å²) in [5.41, 5.74) is 0.705. The molecular formula is C14H18N2O3S. The number of sulfone groups is 1. The van der Waals surface area contributed by atoms with E-state index in [1.54, 1.807) is 30.5 Å². The van der Waals surface area contributed by atoms with Gasteiger partial charge in [0.25, 0.3) is 0 Å². The number of nitrogens with zero attached hydrogens (tertiary/aromatic N) is 1.